The SMILES string of the molecule is CCCN1CCC(CNC(=NC)NCc2ccc(C)c(F)c2)CC1.I. The molecule has 2 N–H and O–H groups in total. The molecule has 0 aliphatic carbocycles. The van der Waals surface area contributed by atoms with Crippen molar-refractivity contribution in [3.8, 4) is 0 Å². The second-order valence-electron chi connectivity index (χ2n) is 6.68. The Labute approximate surface area is 168 Å². The van der Waals surface area contributed by atoms with Crippen LogP contribution >= 0.6 is 24.0 Å². The van der Waals surface area contributed by atoms with Crippen molar-refractivity contribution in [2.75, 3.05) is 33.2 Å². The Morgan fingerprint density at radius 1 is 1.28 bits per heavy atom. The van der Waals surface area contributed by atoms with Gasteiger partial charge in [-0.2, -0.15) is 0 Å². The molecule has 0 atom stereocenters. The molecular weight excluding hydrogens is 430 g/mol. The Morgan fingerprint density at radius 3 is 2.60 bits per heavy atom. The number of nitrogens with zero attached hydrogens (tertiary/aromatic N) is 2. The van der Waals surface area contributed by atoms with E-state index in [-0.39, 0.29) is 29.8 Å². The van der Waals surface area contributed by atoms with Crippen molar-refractivity contribution in [3.63, 3.8) is 0 Å². The maximum Gasteiger partial charge on any atom is 0.191 e. The quantitative estimate of drug-likeness (QED) is 0.386. The molecule has 0 unspecified atom stereocenters. The molecule has 4 nitrogen and oxygen atoms in total. The minimum absolute atomic E-state index is 0. The highest BCUT2D eigenvalue weighted by Gasteiger charge is 2.18. The summed E-state index contributed by atoms with van der Waals surface area (Å²) in [6, 6.07) is 5.34. The number of guanidine groups is 1. The van der Waals surface area contributed by atoms with Gasteiger partial charge >= 0.3 is 0 Å². The molecule has 1 aliphatic heterocycles. The molecular formula is C19H32FIN4. The lowest BCUT2D eigenvalue weighted by molar-refractivity contribution is 0.185. The first kappa shape index (κ1) is 22.2. The smallest absolute Gasteiger partial charge is 0.191 e. The fourth-order valence-electron chi connectivity index (χ4n) is 3.12. The zero-order valence-electron chi connectivity index (χ0n) is 15.6. The number of benzene rings is 1. The summed E-state index contributed by atoms with van der Waals surface area (Å²) >= 11 is 0. The van der Waals surface area contributed by atoms with Gasteiger partial charge < -0.3 is 15.5 Å². The molecule has 0 radical (unpaired) electrons. The normalized spacial score (nSPS) is 16.4. The molecule has 6 heteroatoms. The van der Waals surface area contributed by atoms with E-state index in [1.54, 1.807) is 20.0 Å². The molecule has 1 aromatic rings. The molecule has 1 aromatic carbocycles. The van der Waals surface area contributed by atoms with Gasteiger partial charge in [0.1, 0.15) is 5.82 Å². The summed E-state index contributed by atoms with van der Waals surface area (Å²) in [5.74, 6) is 1.33. The van der Waals surface area contributed by atoms with Gasteiger partial charge in [-0.1, -0.05) is 19.1 Å². The number of nitrogens with one attached hydrogen (secondary N) is 2. The van der Waals surface area contributed by atoms with Crippen LogP contribution in [0.1, 0.15) is 37.3 Å². The van der Waals surface area contributed by atoms with E-state index in [2.05, 4.69) is 27.4 Å². The Balaban J connectivity index is 0.00000312. The number of hydrogen-bond acceptors (Lipinski definition) is 2. The van der Waals surface area contributed by atoms with Gasteiger partial charge in [-0.05, 0) is 68.9 Å². The van der Waals surface area contributed by atoms with Gasteiger partial charge in [0.05, 0.1) is 0 Å². The number of piperidine rings is 1. The van der Waals surface area contributed by atoms with Gasteiger partial charge in [-0.15, -0.1) is 24.0 Å². The number of aliphatic imine (C=N–C) groups is 1. The van der Waals surface area contributed by atoms with E-state index in [9.17, 15) is 4.39 Å². The molecule has 1 heterocycles. The van der Waals surface area contributed by atoms with Crippen LogP contribution in [-0.4, -0.2) is 44.1 Å². The van der Waals surface area contributed by atoms with Crippen molar-refractivity contribution in [2.45, 2.75) is 39.7 Å². The molecule has 1 saturated heterocycles. The van der Waals surface area contributed by atoms with Crippen LogP contribution in [0.15, 0.2) is 23.2 Å². The molecule has 25 heavy (non-hydrogen) atoms. The highest BCUT2D eigenvalue weighted by molar-refractivity contribution is 14.0. The first-order chi connectivity index (χ1) is 11.6. The van der Waals surface area contributed by atoms with Gasteiger partial charge in [0.25, 0.3) is 0 Å². The number of rotatable bonds is 6. The highest BCUT2D eigenvalue weighted by atomic mass is 127. The predicted molar refractivity (Wildman–Crippen MR) is 114 cm³/mol. The zero-order valence-corrected chi connectivity index (χ0v) is 18.0. The number of aryl methyl sites for hydroxylation is 1. The second-order valence-corrected chi connectivity index (χ2v) is 6.68. The third-order valence-corrected chi connectivity index (χ3v) is 4.72. The minimum atomic E-state index is -0.156. The van der Waals surface area contributed by atoms with Crippen molar-refractivity contribution in [2.24, 2.45) is 10.9 Å². The monoisotopic (exact) mass is 462 g/mol. The first-order valence-electron chi connectivity index (χ1n) is 9.04. The van der Waals surface area contributed by atoms with Crippen LogP contribution in [0.5, 0.6) is 0 Å². The van der Waals surface area contributed by atoms with Gasteiger partial charge in [0.15, 0.2) is 5.96 Å². The van der Waals surface area contributed by atoms with E-state index >= 15 is 0 Å². The second kappa shape index (κ2) is 11.7. The number of hydrogen-bond donors (Lipinski definition) is 2. The summed E-state index contributed by atoms with van der Waals surface area (Å²) < 4.78 is 13.6. The largest absolute Gasteiger partial charge is 0.356 e. The third-order valence-electron chi connectivity index (χ3n) is 4.72. The molecule has 1 fully saturated rings. The Kier molecular flexibility index (Phi) is 10.3. The van der Waals surface area contributed by atoms with Gasteiger partial charge in [-0.25, -0.2) is 4.39 Å². The minimum Gasteiger partial charge on any atom is -0.356 e. The molecule has 0 saturated carbocycles. The Morgan fingerprint density at radius 2 is 2.00 bits per heavy atom. The van der Waals surface area contributed by atoms with Crippen molar-refractivity contribution >= 4 is 29.9 Å². The molecule has 0 amide bonds. The fraction of sp³-hybridized carbons (Fsp3) is 0.632. The fourth-order valence-corrected chi connectivity index (χ4v) is 3.12. The van der Waals surface area contributed by atoms with E-state index in [1.165, 1.54) is 38.9 Å². The summed E-state index contributed by atoms with van der Waals surface area (Å²) in [6.45, 7) is 9.16. The Hall–Kier alpha value is -0.890. The van der Waals surface area contributed by atoms with Crippen molar-refractivity contribution < 1.29 is 4.39 Å². The van der Waals surface area contributed by atoms with Crippen LogP contribution in [-0.2, 0) is 6.54 Å². The molecule has 0 bridgehead atoms. The Bertz CT molecular complexity index is 542. The summed E-state index contributed by atoms with van der Waals surface area (Å²) in [5, 5.41) is 6.67. The molecule has 2 rings (SSSR count). The van der Waals surface area contributed by atoms with E-state index in [0.29, 0.717) is 18.0 Å². The molecule has 1 aliphatic rings. The van der Waals surface area contributed by atoms with Crippen LogP contribution in [0.3, 0.4) is 0 Å². The summed E-state index contributed by atoms with van der Waals surface area (Å²) in [7, 11) is 1.77. The lowest BCUT2D eigenvalue weighted by atomic mass is 9.97. The van der Waals surface area contributed by atoms with Crippen molar-refractivity contribution in [3.05, 3.63) is 35.1 Å². The standard InChI is InChI=1S/C19H31FN4.HI/c1-4-9-24-10-7-16(8-11-24)13-22-19(21-3)23-14-17-6-5-15(2)18(20)12-17;/h5-6,12,16H,4,7-11,13-14H2,1-3H3,(H2,21,22,23);1H. The van der Waals surface area contributed by atoms with Crippen LogP contribution in [0.4, 0.5) is 4.39 Å². The van der Waals surface area contributed by atoms with Gasteiger partial charge in [0, 0.05) is 20.1 Å². The van der Waals surface area contributed by atoms with Crippen molar-refractivity contribution in [1.82, 2.24) is 15.5 Å². The average Bonchev–Trinajstić information content (AvgIpc) is 2.59. The topological polar surface area (TPSA) is 39.7 Å². The molecule has 0 aromatic heterocycles. The van der Waals surface area contributed by atoms with Crippen molar-refractivity contribution in [1.29, 1.82) is 0 Å². The van der Waals surface area contributed by atoms with Crippen LogP contribution in [0.2, 0.25) is 0 Å². The van der Waals surface area contributed by atoms with Gasteiger partial charge in [-0.3, -0.25) is 4.99 Å². The maximum absolute atomic E-state index is 13.6. The first-order valence-corrected chi connectivity index (χ1v) is 9.04. The van der Waals surface area contributed by atoms with E-state index in [0.717, 1.165) is 18.1 Å². The average molecular weight is 462 g/mol. The lowest BCUT2D eigenvalue weighted by Gasteiger charge is -2.32. The highest BCUT2D eigenvalue weighted by Crippen LogP contribution is 2.16. The molecule has 0 spiro atoms. The molecule has 142 valence electrons. The maximum atomic E-state index is 13.6. The number of halogens is 2. The van der Waals surface area contributed by atoms with E-state index < -0.39 is 0 Å². The summed E-state index contributed by atoms with van der Waals surface area (Å²) in [6.07, 6.45) is 3.72. The zero-order chi connectivity index (χ0) is 17.4. The van der Waals surface area contributed by atoms with E-state index in [1.807, 2.05) is 12.1 Å². The van der Waals surface area contributed by atoms with Crippen LogP contribution in [0, 0.1) is 18.7 Å². The number of likely N-dealkylation sites (tertiary alicyclic amines) is 1. The predicted octanol–water partition coefficient (Wildman–Crippen LogP) is 3.54. The van der Waals surface area contributed by atoms with Crippen LogP contribution in [0.25, 0.3) is 0 Å². The summed E-state index contributed by atoms with van der Waals surface area (Å²) in [5.41, 5.74) is 1.60. The van der Waals surface area contributed by atoms with E-state index in [4.69, 9.17) is 0 Å². The lowest BCUT2D eigenvalue weighted by Crippen LogP contribution is -2.42. The third kappa shape index (κ3) is 7.48. The summed E-state index contributed by atoms with van der Waals surface area (Å²) in [4.78, 5) is 6.81. The van der Waals surface area contributed by atoms with Gasteiger partial charge in [0.2, 0.25) is 0 Å². The van der Waals surface area contributed by atoms with Crippen LogP contribution < -0.4 is 10.6 Å².